The summed E-state index contributed by atoms with van der Waals surface area (Å²) in [5, 5.41) is 15.8. The van der Waals surface area contributed by atoms with E-state index in [1.807, 2.05) is 42.6 Å². The van der Waals surface area contributed by atoms with Gasteiger partial charge in [0.25, 0.3) is 5.91 Å². The van der Waals surface area contributed by atoms with Crippen molar-refractivity contribution in [2.75, 3.05) is 10.6 Å². The molecule has 0 radical (unpaired) electrons. The maximum atomic E-state index is 12.5. The maximum absolute atomic E-state index is 12.5. The SMILES string of the molecule is O=C(/C=C/c1ccc2c(c1)NC(=O)[C@H](Cc1c[nH]c3ccccc13)N2)NO. The van der Waals surface area contributed by atoms with Crippen LogP contribution < -0.4 is 16.1 Å². The van der Waals surface area contributed by atoms with Crippen molar-refractivity contribution in [3.05, 3.63) is 65.9 Å². The molecule has 3 aromatic rings. The molecule has 0 saturated heterocycles. The lowest BCUT2D eigenvalue weighted by molar-refractivity contribution is -0.124. The topological polar surface area (TPSA) is 106 Å². The van der Waals surface area contributed by atoms with E-state index in [1.165, 1.54) is 11.6 Å². The summed E-state index contributed by atoms with van der Waals surface area (Å²) in [4.78, 5) is 26.9. The molecule has 7 heteroatoms. The molecule has 5 N–H and O–H groups in total. The van der Waals surface area contributed by atoms with Crippen LogP contribution in [0.5, 0.6) is 0 Å². The first-order valence-corrected chi connectivity index (χ1v) is 8.52. The molecule has 136 valence electrons. The standard InChI is InChI=1S/C20H18N4O3/c25-19(24-27)8-6-12-5-7-16-17(9-12)23-20(26)18(22-16)10-13-11-21-15-4-2-1-3-14(13)15/h1-9,11,18,21-22,27H,10H2,(H,23,26)(H,24,25)/b8-6+/t18-/m0/s1. The van der Waals surface area contributed by atoms with Gasteiger partial charge in [-0.1, -0.05) is 24.3 Å². The summed E-state index contributed by atoms with van der Waals surface area (Å²) in [5.74, 6) is -0.726. The molecule has 2 amide bonds. The van der Waals surface area contributed by atoms with Gasteiger partial charge in [-0.15, -0.1) is 0 Å². The second-order valence-corrected chi connectivity index (χ2v) is 6.36. The number of benzene rings is 2. The molecule has 0 unspecified atom stereocenters. The van der Waals surface area contributed by atoms with Gasteiger partial charge in [0.1, 0.15) is 6.04 Å². The first-order chi connectivity index (χ1) is 13.1. The average molecular weight is 362 g/mol. The lowest BCUT2D eigenvalue weighted by Crippen LogP contribution is -2.40. The molecular formula is C20H18N4O3. The van der Waals surface area contributed by atoms with Crippen molar-refractivity contribution in [2.24, 2.45) is 0 Å². The minimum absolute atomic E-state index is 0.109. The molecule has 4 rings (SSSR count). The van der Waals surface area contributed by atoms with Gasteiger partial charge in [-0.05, 0) is 35.4 Å². The number of anilines is 2. The van der Waals surface area contributed by atoms with E-state index in [0.29, 0.717) is 12.1 Å². The van der Waals surface area contributed by atoms with Crippen LogP contribution in [0.1, 0.15) is 11.1 Å². The van der Waals surface area contributed by atoms with Gasteiger partial charge in [0.05, 0.1) is 11.4 Å². The average Bonchev–Trinajstić information content (AvgIpc) is 3.09. The van der Waals surface area contributed by atoms with Gasteiger partial charge in [-0.3, -0.25) is 14.8 Å². The molecule has 0 spiro atoms. The molecule has 27 heavy (non-hydrogen) atoms. The molecule has 2 aromatic carbocycles. The number of nitrogens with one attached hydrogen (secondary N) is 4. The first kappa shape index (κ1) is 16.9. The Morgan fingerprint density at radius 3 is 2.89 bits per heavy atom. The van der Waals surface area contributed by atoms with Gasteiger partial charge in [-0.2, -0.15) is 0 Å². The Labute approximate surface area is 155 Å². The number of rotatable bonds is 4. The zero-order chi connectivity index (χ0) is 18.8. The summed E-state index contributed by atoms with van der Waals surface area (Å²) in [6.07, 6.45) is 5.26. The van der Waals surface area contributed by atoms with Crippen LogP contribution in [0.3, 0.4) is 0 Å². The van der Waals surface area contributed by atoms with Crippen LogP contribution in [-0.2, 0) is 16.0 Å². The molecule has 1 aliphatic heterocycles. The molecule has 7 nitrogen and oxygen atoms in total. The van der Waals surface area contributed by atoms with E-state index in [-0.39, 0.29) is 11.9 Å². The zero-order valence-electron chi connectivity index (χ0n) is 14.3. The number of amides is 2. The lowest BCUT2D eigenvalue weighted by Gasteiger charge is -2.27. The third-order valence-corrected chi connectivity index (χ3v) is 4.58. The van der Waals surface area contributed by atoms with Gasteiger partial charge in [0, 0.05) is 29.6 Å². The molecule has 0 aliphatic carbocycles. The number of carbonyl (C=O) groups is 2. The first-order valence-electron chi connectivity index (χ1n) is 8.52. The highest BCUT2D eigenvalue weighted by Crippen LogP contribution is 2.30. The molecule has 0 fully saturated rings. The molecule has 2 heterocycles. The Hall–Kier alpha value is -3.58. The Bertz CT molecular complexity index is 1050. The third kappa shape index (κ3) is 3.40. The van der Waals surface area contributed by atoms with E-state index in [0.717, 1.165) is 27.7 Å². The third-order valence-electron chi connectivity index (χ3n) is 4.58. The quantitative estimate of drug-likeness (QED) is 0.279. The van der Waals surface area contributed by atoms with Crippen molar-refractivity contribution in [3.63, 3.8) is 0 Å². The van der Waals surface area contributed by atoms with Crippen LogP contribution in [0.15, 0.2) is 54.7 Å². The number of H-pyrrole nitrogens is 1. The summed E-state index contributed by atoms with van der Waals surface area (Å²) in [5.41, 5.74) is 5.87. The second kappa shape index (κ2) is 6.97. The number of hydroxylamine groups is 1. The predicted octanol–water partition coefficient (Wildman–Crippen LogP) is 2.66. The Balaban J connectivity index is 1.54. The minimum atomic E-state index is -0.617. The molecular weight excluding hydrogens is 344 g/mol. The van der Waals surface area contributed by atoms with Crippen LogP contribution in [-0.4, -0.2) is 28.0 Å². The van der Waals surface area contributed by atoms with E-state index >= 15 is 0 Å². The number of fused-ring (bicyclic) bond motifs is 2. The van der Waals surface area contributed by atoms with Crippen LogP contribution in [0.25, 0.3) is 17.0 Å². The highest BCUT2D eigenvalue weighted by Gasteiger charge is 2.26. The molecule has 0 saturated carbocycles. The second-order valence-electron chi connectivity index (χ2n) is 6.36. The van der Waals surface area contributed by atoms with Crippen LogP contribution in [0.2, 0.25) is 0 Å². The predicted molar refractivity (Wildman–Crippen MR) is 103 cm³/mol. The van der Waals surface area contributed by atoms with Gasteiger partial charge in [0.15, 0.2) is 0 Å². The molecule has 1 atom stereocenters. The van der Waals surface area contributed by atoms with Crippen molar-refractivity contribution >= 4 is 40.2 Å². The molecule has 0 bridgehead atoms. The smallest absolute Gasteiger partial charge is 0.267 e. The van der Waals surface area contributed by atoms with Gasteiger partial charge >= 0.3 is 0 Å². The molecule has 1 aliphatic rings. The Morgan fingerprint density at radius 1 is 1.19 bits per heavy atom. The number of para-hydroxylation sites is 1. The van der Waals surface area contributed by atoms with E-state index in [1.54, 1.807) is 12.1 Å². The largest absolute Gasteiger partial charge is 0.372 e. The number of aromatic amines is 1. The van der Waals surface area contributed by atoms with E-state index in [9.17, 15) is 9.59 Å². The summed E-state index contributed by atoms with van der Waals surface area (Å²) in [7, 11) is 0. The molecule has 1 aromatic heterocycles. The Kier molecular flexibility index (Phi) is 4.35. The fourth-order valence-corrected chi connectivity index (χ4v) is 3.24. The van der Waals surface area contributed by atoms with Crippen LogP contribution in [0, 0.1) is 0 Å². The number of hydrogen-bond donors (Lipinski definition) is 5. The number of carbonyl (C=O) groups excluding carboxylic acids is 2. The Morgan fingerprint density at radius 2 is 2.04 bits per heavy atom. The fourth-order valence-electron chi connectivity index (χ4n) is 3.24. The fraction of sp³-hybridized carbons (Fsp3) is 0.100. The van der Waals surface area contributed by atoms with Crippen molar-refractivity contribution < 1.29 is 14.8 Å². The monoisotopic (exact) mass is 362 g/mol. The number of aromatic nitrogens is 1. The highest BCUT2D eigenvalue weighted by atomic mass is 16.5. The highest BCUT2D eigenvalue weighted by molar-refractivity contribution is 6.04. The van der Waals surface area contributed by atoms with Crippen molar-refractivity contribution in [1.82, 2.24) is 10.5 Å². The summed E-state index contributed by atoms with van der Waals surface area (Å²) in [6, 6.07) is 13.1. The number of hydrogen-bond acceptors (Lipinski definition) is 4. The van der Waals surface area contributed by atoms with E-state index < -0.39 is 5.91 Å². The van der Waals surface area contributed by atoms with Gasteiger partial charge in [-0.25, -0.2) is 5.48 Å². The van der Waals surface area contributed by atoms with Crippen LogP contribution in [0.4, 0.5) is 11.4 Å². The zero-order valence-corrected chi connectivity index (χ0v) is 14.3. The lowest BCUT2D eigenvalue weighted by atomic mass is 10.0. The van der Waals surface area contributed by atoms with E-state index in [4.69, 9.17) is 5.21 Å². The van der Waals surface area contributed by atoms with Crippen molar-refractivity contribution in [2.45, 2.75) is 12.5 Å². The van der Waals surface area contributed by atoms with Crippen molar-refractivity contribution in [3.8, 4) is 0 Å². The summed E-state index contributed by atoms with van der Waals surface area (Å²) in [6.45, 7) is 0. The van der Waals surface area contributed by atoms with Gasteiger partial charge in [0.2, 0.25) is 5.91 Å². The minimum Gasteiger partial charge on any atom is -0.372 e. The maximum Gasteiger partial charge on any atom is 0.267 e. The van der Waals surface area contributed by atoms with E-state index in [2.05, 4.69) is 15.6 Å². The van der Waals surface area contributed by atoms with Crippen molar-refractivity contribution in [1.29, 1.82) is 0 Å². The summed E-state index contributed by atoms with van der Waals surface area (Å²) < 4.78 is 0. The summed E-state index contributed by atoms with van der Waals surface area (Å²) >= 11 is 0. The normalized spacial score (nSPS) is 16.0. The van der Waals surface area contributed by atoms with Crippen LogP contribution >= 0.6 is 0 Å². The van der Waals surface area contributed by atoms with Gasteiger partial charge < -0.3 is 15.6 Å².